The van der Waals surface area contributed by atoms with Gasteiger partial charge in [0.25, 0.3) is 0 Å². The van der Waals surface area contributed by atoms with E-state index in [9.17, 15) is 4.79 Å². The summed E-state index contributed by atoms with van der Waals surface area (Å²) in [7, 11) is 1.52. The molecule has 0 bridgehead atoms. The highest BCUT2D eigenvalue weighted by atomic mass is 35.5. The van der Waals surface area contributed by atoms with Crippen molar-refractivity contribution in [2.45, 2.75) is 32.2 Å². The molecule has 1 N–H and O–H groups in total. The minimum atomic E-state index is -0.0910. The third-order valence-electron chi connectivity index (χ3n) is 4.77. The van der Waals surface area contributed by atoms with Crippen molar-refractivity contribution in [3.63, 3.8) is 0 Å². The zero-order valence-electron chi connectivity index (χ0n) is 17.3. The second-order valence-corrected chi connectivity index (χ2v) is 7.50. The van der Waals surface area contributed by atoms with E-state index in [0.29, 0.717) is 18.2 Å². The number of unbranched alkanes of at least 4 members (excludes halogenated alkanes) is 1. The van der Waals surface area contributed by atoms with E-state index >= 15 is 0 Å². The number of carbonyl (C=O) groups is 1. The molecular weight excluding hydrogens is 402 g/mol. The Hall–Kier alpha value is -2.57. The minimum Gasteiger partial charge on any atom is -0.494 e. The second kappa shape index (κ2) is 11.6. The number of para-hydroxylation sites is 2. The molecule has 0 unspecified atom stereocenters. The molecule has 160 valence electrons. The fourth-order valence-electron chi connectivity index (χ4n) is 3.32. The van der Waals surface area contributed by atoms with Crippen molar-refractivity contribution in [2.24, 2.45) is 0 Å². The molecule has 7 heteroatoms. The van der Waals surface area contributed by atoms with Crippen molar-refractivity contribution >= 4 is 28.5 Å². The zero-order valence-corrected chi connectivity index (χ0v) is 18.0. The van der Waals surface area contributed by atoms with Crippen LogP contribution >= 0.6 is 11.6 Å². The SMILES string of the molecule is COCC(=O)NCCCc1nc2ccccc2n1CCCCOc1ccc(Cl)cc1. The van der Waals surface area contributed by atoms with Gasteiger partial charge >= 0.3 is 0 Å². The molecule has 1 heterocycles. The monoisotopic (exact) mass is 429 g/mol. The molecule has 0 aliphatic carbocycles. The predicted molar refractivity (Wildman–Crippen MR) is 119 cm³/mol. The average molecular weight is 430 g/mol. The standard InChI is InChI=1S/C23H28ClN3O3/c1-29-17-23(28)25-14-6-9-22-26-20-7-2-3-8-21(20)27(22)15-4-5-16-30-19-12-10-18(24)11-13-19/h2-3,7-8,10-13H,4-6,9,14-17H2,1H3,(H,25,28). The summed E-state index contributed by atoms with van der Waals surface area (Å²) in [5.74, 6) is 1.80. The van der Waals surface area contributed by atoms with Crippen molar-refractivity contribution in [3.05, 3.63) is 59.4 Å². The molecule has 0 aliphatic heterocycles. The molecule has 3 aromatic rings. The van der Waals surface area contributed by atoms with E-state index in [2.05, 4.69) is 16.0 Å². The molecule has 1 aromatic heterocycles. The maximum Gasteiger partial charge on any atom is 0.245 e. The van der Waals surface area contributed by atoms with E-state index in [-0.39, 0.29) is 12.5 Å². The fourth-order valence-corrected chi connectivity index (χ4v) is 3.44. The second-order valence-electron chi connectivity index (χ2n) is 7.06. The molecule has 2 aromatic carbocycles. The van der Waals surface area contributed by atoms with Crippen LogP contribution in [0.4, 0.5) is 0 Å². The zero-order chi connectivity index (χ0) is 21.2. The van der Waals surface area contributed by atoms with E-state index in [1.807, 2.05) is 42.5 Å². The van der Waals surface area contributed by atoms with Gasteiger partial charge < -0.3 is 19.4 Å². The molecule has 0 aliphatic rings. The summed E-state index contributed by atoms with van der Waals surface area (Å²) in [5, 5.41) is 3.57. The molecule has 3 rings (SSSR count). The number of ether oxygens (including phenoxy) is 2. The molecular formula is C23H28ClN3O3. The van der Waals surface area contributed by atoms with E-state index in [1.165, 1.54) is 7.11 Å². The molecule has 0 saturated heterocycles. The Bertz CT molecular complexity index is 941. The first-order valence-electron chi connectivity index (χ1n) is 10.3. The number of amides is 1. The Morgan fingerprint density at radius 3 is 2.70 bits per heavy atom. The summed E-state index contributed by atoms with van der Waals surface area (Å²) >= 11 is 5.90. The van der Waals surface area contributed by atoms with Gasteiger partial charge in [-0.2, -0.15) is 0 Å². The summed E-state index contributed by atoms with van der Waals surface area (Å²) in [6, 6.07) is 15.6. The van der Waals surface area contributed by atoms with Crippen LogP contribution in [0.5, 0.6) is 5.75 Å². The molecule has 0 atom stereocenters. The Balaban J connectivity index is 1.51. The lowest BCUT2D eigenvalue weighted by molar-refractivity contribution is -0.124. The number of imidazole rings is 1. The Morgan fingerprint density at radius 2 is 1.90 bits per heavy atom. The van der Waals surface area contributed by atoms with Crippen LogP contribution in [-0.4, -0.2) is 42.3 Å². The van der Waals surface area contributed by atoms with Crippen molar-refractivity contribution in [1.29, 1.82) is 0 Å². The van der Waals surface area contributed by atoms with Gasteiger partial charge in [0.05, 0.1) is 17.6 Å². The maximum absolute atomic E-state index is 11.5. The van der Waals surface area contributed by atoms with Gasteiger partial charge in [0.1, 0.15) is 18.2 Å². The highest BCUT2D eigenvalue weighted by Gasteiger charge is 2.10. The quantitative estimate of drug-likeness (QED) is 0.437. The highest BCUT2D eigenvalue weighted by Crippen LogP contribution is 2.19. The van der Waals surface area contributed by atoms with Gasteiger partial charge in [-0.15, -0.1) is 0 Å². The van der Waals surface area contributed by atoms with Crippen LogP contribution in [0.1, 0.15) is 25.1 Å². The number of nitrogens with one attached hydrogen (secondary N) is 1. The van der Waals surface area contributed by atoms with Crippen molar-refractivity contribution in [1.82, 2.24) is 14.9 Å². The number of aromatic nitrogens is 2. The van der Waals surface area contributed by atoms with Crippen molar-refractivity contribution in [3.8, 4) is 5.75 Å². The summed E-state index contributed by atoms with van der Waals surface area (Å²) in [6.07, 6.45) is 3.58. The number of hydrogen-bond donors (Lipinski definition) is 1. The van der Waals surface area contributed by atoms with Crippen LogP contribution in [0.2, 0.25) is 5.02 Å². The molecule has 0 saturated carbocycles. The van der Waals surface area contributed by atoms with Crippen LogP contribution in [0.3, 0.4) is 0 Å². The van der Waals surface area contributed by atoms with Gasteiger partial charge in [-0.25, -0.2) is 4.98 Å². The predicted octanol–water partition coefficient (Wildman–Crippen LogP) is 4.24. The van der Waals surface area contributed by atoms with Gasteiger partial charge in [0.15, 0.2) is 0 Å². The lowest BCUT2D eigenvalue weighted by Gasteiger charge is -2.11. The van der Waals surface area contributed by atoms with Crippen molar-refractivity contribution < 1.29 is 14.3 Å². The van der Waals surface area contributed by atoms with Gasteiger partial charge in [0, 0.05) is 31.6 Å². The van der Waals surface area contributed by atoms with Crippen molar-refractivity contribution in [2.75, 3.05) is 26.9 Å². The number of carbonyl (C=O) groups excluding carboxylic acids is 1. The maximum atomic E-state index is 11.5. The van der Waals surface area contributed by atoms with Crippen LogP contribution in [-0.2, 0) is 22.5 Å². The smallest absolute Gasteiger partial charge is 0.245 e. The third kappa shape index (κ3) is 6.47. The van der Waals surface area contributed by atoms with E-state index in [0.717, 1.165) is 54.8 Å². The number of rotatable bonds is 12. The van der Waals surface area contributed by atoms with Crippen LogP contribution < -0.4 is 10.1 Å². The van der Waals surface area contributed by atoms with Gasteiger partial charge in [0.2, 0.25) is 5.91 Å². The molecule has 0 spiro atoms. The Morgan fingerprint density at radius 1 is 1.10 bits per heavy atom. The number of benzene rings is 2. The highest BCUT2D eigenvalue weighted by molar-refractivity contribution is 6.30. The number of halogens is 1. The first-order chi connectivity index (χ1) is 14.7. The molecule has 1 amide bonds. The lowest BCUT2D eigenvalue weighted by atomic mass is 10.2. The van der Waals surface area contributed by atoms with Crippen LogP contribution in [0, 0.1) is 0 Å². The number of fused-ring (bicyclic) bond motifs is 1. The van der Waals surface area contributed by atoms with E-state index in [4.69, 9.17) is 26.1 Å². The summed E-state index contributed by atoms with van der Waals surface area (Å²) in [4.78, 5) is 16.3. The summed E-state index contributed by atoms with van der Waals surface area (Å²) in [6.45, 7) is 2.25. The molecule has 30 heavy (non-hydrogen) atoms. The number of hydrogen-bond acceptors (Lipinski definition) is 4. The third-order valence-corrected chi connectivity index (χ3v) is 5.02. The Labute approximate surface area is 182 Å². The minimum absolute atomic E-state index is 0.0910. The lowest BCUT2D eigenvalue weighted by Crippen LogP contribution is -2.28. The summed E-state index contributed by atoms with van der Waals surface area (Å²) < 4.78 is 12.9. The van der Waals surface area contributed by atoms with Crippen LogP contribution in [0.25, 0.3) is 11.0 Å². The normalized spacial score (nSPS) is 11.0. The molecule has 0 radical (unpaired) electrons. The number of aryl methyl sites for hydroxylation is 2. The first-order valence-corrected chi connectivity index (χ1v) is 10.6. The van der Waals surface area contributed by atoms with E-state index in [1.54, 1.807) is 0 Å². The van der Waals surface area contributed by atoms with E-state index < -0.39 is 0 Å². The average Bonchev–Trinajstić information content (AvgIpc) is 3.10. The topological polar surface area (TPSA) is 65.4 Å². The number of methoxy groups -OCH3 is 1. The van der Waals surface area contributed by atoms with Gasteiger partial charge in [-0.3, -0.25) is 4.79 Å². The largest absolute Gasteiger partial charge is 0.494 e. The fraction of sp³-hybridized carbons (Fsp3) is 0.391. The number of nitrogens with zero attached hydrogens (tertiary/aromatic N) is 2. The first kappa shape index (κ1) is 22.1. The molecule has 6 nitrogen and oxygen atoms in total. The van der Waals surface area contributed by atoms with Gasteiger partial charge in [-0.1, -0.05) is 23.7 Å². The van der Waals surface area contributed by atoms with Gasteiger partial charge in [-0.05, 0) is 55.7 Å². The van der Waals surface area contributed by atoms with Crippen LogP contribution in [0.15, 0.2) is 48.5 Å². The summed E-state index contributed by atoms with van der Waals surface area (Å²) in [5.41, 5.74) is 2.16. The Kier molecular flexibility index (Phi) is 8.53. The molecule has 0 fully saturated rings.